The van der Waals surface area contributed by atoms with Crippen LogP contribution in [0.5, 0.6) is 11.5 Å². The summed E-state index contributed by atoms with van der Waals surface area (Å²) >= 11 is 0.906. The number of thiazole rings is 1. The summed E-state index contributed by atoms with van der Waals surface area (Å²) < 4.78 is 21.1. The molecule has 1 aromatic carbocycles. The first kappa shape index (κ1) is 24.0. The summed E-state index contributed by atoms with van der Waals surface area (Å²) in [5.41, 5.74) is 0.480. The SMILES string of the molecule is COC(=O)c1sc(N2C(=O)C(O)=C(C(=O)c3ccc(C)o3)[C@H]2c2cc(OC)ccc2OC)nc1C. The maximum atomic E-state index is 13.5. The second-order valence-electron chi connectivity index (χ2n) is 7.59. The van der Waals surface area contributed by atoms with Gasteiger partial charge in [-0.3, -0.25) is 14.5 Å². The van der Waals surface area contributed by atoms with Gasteiger partial charge in [0.15, 0.2) is 16.7 Å². The Morgan fingerprint density at radius 1 is 1.11 bits per heavy atom. The van der Waals surface area contributed by atoms with Crippen molar-refractivity contribution in [2.75, 3.05) is 26.2 Å². The Bertz CT molecular complexity index is 1370. The molecule has 0 spiro atoms. The van der Waals surface area contributed by atoms with Crippen molar-refractivity contribution in [3.63, 3.8) is 0 Å². The molecule has 0 fully saturated rings. The molecule has 3 aromatic rings. The zero-order valence-corrected chi connectivity index (χ0v) is 20.4. The van der Waals surface area contributed by atoms with Gasteiger partial charge in [-0.15, -0.1) is 0 Å². The molecule has 3 heterocycles. The topological polar surface area (TPSA) is 128 Å². The zero-order valence-electron chi connectivity index (χ0n) is 19.6. The zero-order chi connectivity index (χ0) is 25.4. The fourth-order valence-corrected chi connectivity index (χ4v) is 4.85. The van der Waals surface area contributed by atoms with E-state index in [0.29, 0.717) is 28.5 Å². The summed E-state index contributed by atoms with van der Waals surface area (Å²) in [7, 11) is 4.15. The van der Waals surface area contributed by atoms with E-state index >= 15 is 0 Å². The van der Waals surface area contributed by atoms with E-state index < -0.39 is 29.5 Å². The molecule has 1 aliphatic heterocycles. The lowest BCUT2D eigenvalue weighted by Crippen LogP contribution is -2.31. The number of esters is 1. The number of aliphatic hydroxyl groups excluding tert-OH is 1. The minimum atomic E-state index is -1.15. The lowest BCUT2D eigenvalue weighted by atomic mass is 9.94. The van der Waals surface area contributed by atoms with Crippen LogP contribution in [-0.2, 0) is 9.53 Å². The predicted octanol–water partition coefficient (Wildman–Crippen LogP) is 3.94. The van der Waals surface area contributed by atoms with E-state index in [1.807, 2.05) is 0 Å². The number of carbonyl (C=O) groups excluding carboxylic acids is 3. The van der Waals surface area contributed by atoms with Crippen molar-refractivity contribution < 1.29 is 38.1 Å². The molecule has 35 heavy (non-hydrogen) atoms. The molecule has 1 N–H and O–H groups in total. The minimum Gasteiger partial charge on any atom is -0.503 e. The number of ether oxygens (including phenoxy) is 3. The van der Waals surface area contributed by atoms with E-state index in [0.717, 1.165) is 16.2 Å². The van der Waals surface area contributed by atoms with E-state index in [1.54, 1.807) is 38.1 Å². The number of amides is 1. The van der Waals surface area contributed by atoms with Gasteiger partial charge < -0.3 is 23.7 Å². The van der Waals surface area contributed by atoms with Gasteiger partial charge in [0.25, 0.3) is 5.91 Å². The molecule has 4 rings (SSSR count). The van der Waals surface area contributed by atoms with Crippen molar-refractivity contribution in [3.8, 4) is 11.5 Å². The average molecular weight is 499 g/mol. The Morgan fingerprint density at radius 2 is 1.86 bits per heavy atom. The van der Waals surface area contributed by atoms with Crippen LogP contribution >= 0.6 is 11.3 Å². The number of aryl methyl sites for hydroxylation is 2. The lowest BCUT2D eigenvalue weighted by molar-refractivity contribution is -0.117. The first-order valence-electron chi connectivity index (χ1n) is 10.4. The molecule has 10 nitrogen and oxygen atoms in total. The number of ketones is 1. The number of methoxy groups -OCH3 is 3. The largest absolute Gasteiger partial charge is 0.503 e. The quantitative estimate of drug-likeness (QED) is 0.380. The number of anilines is 1. The van der Waals surface area contributed by atoms with Gasteiger partial charge in [0.2, 0.25) is 5.78 Å². The molecule has 0 aliphatic carbocycles. The molecular weight excluding hydrogens is 476 g/mol. The first-order valence-corrected chi connectivity index (χ1v) is 11.2. The highest BCUT2D eigenvalue weighted by molar-refractivity contribution is 7.17. The number of furan rings is 1. The monoisotopic (exact) mass is 498 g/mol. The predicted molar refractivity (Wildman–Crippen MR) is 125 cm³/mol. The van der Waals surface area contributed by atoms with Crippen LogP contribution in [0, 0.1) is 13.8 Å². The van der Waals surface area contributed by atoms with Gasteiger partial charge in [-0.2, -0.15) is 0 Å². The van der Waals surface area contributed by atoms with Crippen LogP contribution in [0.25, 0.3) is 0 Å². The van der Waals surface area contributed by atoms with Gasteiger partial charge in [-0.05, 0) is 44.2 Å². The molecule has 0 saturated heterocycles. The number of rotatable bonds is 7. The van der Waals surface area contributed by atoms with Gasteiger partial charge in [-0.25, -0.2) is 9.78 Å². The molecule has 1 atom stereocenters. The molecule has 11 heteroatoms. The highest BCUT2D eigenvalue weighted by Gasteiger charge is 2.48. The normalized spacial score (nSPS) is 15.5. The third-order valence-corrected chi connectivity index (χ3v) is 6.65. The van der Waals surface area contributed by atoms with E-state index in [2.05, 4.69) is 4.98 Å². The standard InChI is InChI=1S/C24H22N2O8S/c1-11-6-8-16(34-11)19(27)17-18(14-10-13(31-3)7-9-15(14)32-4)26(22(29)20(17)28)24-25-12(2)21(35-24)23(30)33-5/h6-10,18,28H,1-5H3/t18-/m1/s1. The molecule has 0 unspecified atom stereocenters. The fourth-order valence-electron chi connectivity index (χ4n) is 3.84. The fraction of sp³-hybridized carbons (Fsp3) is 0.250. The Balaban J connectivity index is 1.95. The average Bonchev–Trinajstić information content (AvgIpc) is 3.53. The molecule has 1 aliphatic rings. The molecule has 2 aromatic heterocycles. The van der Waals surface area contributed by atoms with Crippen molar-refractivity contribution in [2.24, 2.45) is 0 Å². The Labute approximate surface area is 204 Å². The first-order chi connectivity index (χ1) is 16.7. The highest BCUT2D eigenvalue weighted by atomic mass is 32.1. The van der Waals surface area contributed by atoms with Crippen molar-refractivity contribution in [1.82, 2.24) is 4.98 Å². The smallest absolute Gasteiger partial charge is 0.350 e. The summed E-state index contributed by atoms with van der Waals surface area (Å²) in [6, 6.07) is 6.80. The highest BCUT2D eigenvalue weighted by Crippen LogP contribution is 2.47. The number of benzene rings is 1. The summed E-state index contributed by atoms with van der Waals surface area (Å²) in [6.45, 7) is 3.27. The van der Waals surface area contributed by atoms with Crippen molar-refractivity contribution in [2.45, 2.75) is 19.9 Å². The van der Waals surface area contributed by atoms with Crippen LogP contribution in [-0.4, -0.2) is 49.1 Å². The molecular formula is C24H22N2O8S. The van der Waals surface area contributed by atoms with Crippen LogP contribution in [0.2, 0.25) is 0 Å². The van der Waals surface area contributed by atoms with Crippen LogP contribution < -0.4 is 14.4 Å². The molecule has 0 saturated carbocycles. The van der Waals surface area contributed by atoms with Crippen LogP contribution in [0.4, 0.5) is 5.13 Å². The van der Waals surface area contributed by atoms with E-state index in [9.17, 15) is 19.5 Å². The maximum Gasteiger partial charge on any atom is 0.350 e. The second kappa shape index (κ2) is 9.26. The molecule has 1 amide bonds. The van der Waals surface area contributed by atoms with E-state index in [-0.39, 0.29) is 21.3 Å². The van der Waals surface area contributed by atoms with Crippen molar-refractivity contribution in [3.05, 3.63) is 69.3 Å². The Hall–Kier alpha value is -4.12. The number of nitrogens with zero attached hydrogens (tertiary/aromatic N) is 2. The van der Waals surface area contributed by atoms with Crippen molar-refractivity contribution >= 4 is 34.1 Å². The summed E-state index contributed by atoms with van der Waals surface area (Å²) in [4.78, 5) is 44.8. The van der Waals surface area contributed by atoms with Crippen molar-refractivity contribution in [1.29, 1.82) is 0 Å². The maximum absolute atomic E-state index is 13.5. The molecule has 0 bridgehead atoms. The lowest BCUT2D eigenvalue weighted by Gasteiger charge is -2.26. The number of aromatic nitrogens is 1. The van der Waals surface area contributed by atoms with Gasteiger partial charge in [0.05, 0.1) is 32.6 Å². The number of Topliss-reactive ketones (excluding diaryl/α,β-unsaturated/α-hetero) is 1. The summed E-state index contributed by atoms with van der Waals surface area (Å²) in [5.74, 6) is -1.70. The Morgan fingerprint density at radius 3 is 2.46 bits per heavy atom. The molecule has 182 valence electrons. The third-order valence-electron chi connectivity index (χ3n) is 5.51. The van der Waals surface area contributed by atoms with Crippen LogP contribution in [0.15, 0.2) is 46.1 Å². The number of carbonyl (C=O) groups is 3. The number of hydrogen-bond donors (Lipinski definition) is 1. The van der Waals surface area contributed by atoms with E-state index in [4.69, 9.17) is 18.6 Å². The summed E-state index contributed by atoms with van der Waals surface area (Å²) in [5, 5.41) is 11.0. The minimum absolute atomic E-state index is 0.0452. The van der Waals surface area contributed by atoms with E-state index in [1.165, 1.54) is 27.4 Å². The van der Waals surface area contributed by atoms with Crippen LogP contribution in [0.1, 0.15) is 43.3 Å². The second-order valence-corrected chi connectivity index (χ2v) is 8.57. The van der Waals surface area contributed by atoms with Gasteiger partial charge in [0.1, 0.15) is 28.2 Å². The third kappa shape index (κ3) is 4.03. The molecule has 0 radical (unpaired) electrons. The van der Waals surface area contributed by atoms with Gasteiger partial charge in [0, 0.05) is 5.56 Å². The Kier molecular flexibility index (Phi) is 6.35. The van der Waals surface area contributed by atoms with Gasteiger partial charge >= 0.3 is 5.97 Å². The number of aliphatic hydroxyl groups is 1. The number of hydrogen-bond acceptors (Lipinski definition) is 10. The van der Waals surface area contributed by atoms with Crippen LogP contribution in [0.3, 0.4) is 0 Å². The van der Waals surface area contributed by atoms with Gasteiger partial charge in [-0.1, -0.05) is 11.3 Å². The summed E-state index contributed by atoms with van der Waals surface area (Å²) in [6.07, 6.45) is 0.